The van der Waals surface area contributed by atoms with Crippen LogP contribution in [0, 0.1) is 0 Å². The van der Waals surface area contributed by atoms with Crippen molar-refractivity contribution in [1.82, 2.24) is 4.98 Å². The molecular formula is C22H21NO4. The normalized spacial score (nSPS) is 14.4. The zero-order valence-electron chi connectivity index (χ0n) is 15.4. The number of hydrogen-bond acceptors (Lipinski definition) is 5. The van der Waals surface area contributed by atoms with Crippen LogP contribution in [-0.4, -0.2) is 29.8 Å². The molecule has 2 aromatic carbocycles. The summed E-state index contributed by atoms with van der Waals surface area (Å²) in [4.78, 5) is 16.8. The molecule has 5 heteroatoms. The Morgan fingerprint density at radius 1 is 1.11 bits per heavy atom. The van der Waals surface area contributed by atoms with Crippen molar-refractivity contribution < 1.29 is 19.0 Å². The topological polar surface area (TPSA) is 57.7 Å². The van der Waals surface area contributed by atoms with Crippen LogP contribution in [-0.2, 0) is 11.2 Å². The molecule has 0 N–H and O–H groups in total. The molecule has 138 valence electrons. The molecule has 3 aromatic rings. The lowest BCUT2D eigenvalue weighted by Crippen LogP contribution is -2.25. The van der Waals surface area contributed by atoms with E-state index in [0.29, 0.717) is 11.3 Å². The minimum absolute atomic E-state index is 0.155. The van der Waals surface area contributed by atoms with Crippen molar-refractivity contribution in [2.45, 2.75) is 25.9 Å². The Hall–Kier alpha value is -3.08. The highest BCUT2D eigenvalue weighted by molar-refractivity contribution is 5.93. The van der Waals surface area contributed by atoms with Crippen LogP contribution in [0.5, 0.6) is 11.5 Å². The number of carbonyl (C=O) groups is 1. The van der Waals surface area contributed by atoms with Crippen LogP contribution in [0.15, 0.2) is 54.7 Å². The van der Waals surface area contributed by atoms with Gasteiger partial charge in [-0.3, -0.25) is 4.98 Å². The Morgan fingerprint density at radius 3 is 2.85 bits per heavy atom. The molecule has 0 saturated carbocycles. The van der Waals surface area contributed by atoms with Gasteiger partial charge in [0.15, 0.2) is 0 Å². The van der Waals surface area contributed by atoms with Gasteiger partial charge in [0, 0.05) is 18.0 Å². The van der Waals surface area contributed by atoms with Crippen LogP contribution < -0.4 is 9.47 Å². The zero-order chi connectivity index (χ0) is 18.9. The Bertz CT molecular complexity index is 991. The van der Waals surface area contributed by atoms with Crippen LogP contribution in [0.3, 0.4) is 0 Å². The molecule has 0 aliphatic carbocycles. The van der Waals surface area contributed by atoms with E-state index in [2.05, 4.69) is 4.98 Å². The van der Waals surface area contributed by atoms with E-state index < -0.39 is 5.97 Å². The number of fused-ring (bicyclic) bond motifs is 2. The van der Waals surface area contributed by atoms with Gasteiger partial charge in [0.25, 0.3) is 0 Å². The third-order valence-electron chi connectivity index (χ3n) is 4.49. The molecule has 0 unspecified atom stereocenters. The highest BCUT2D eigenvalue weighted by Crippen LogP contribution is 2.37. The molecule has 4 rings (SSSR count). The van der Waals surface area contributed by atoms with Crippen LogP contribution in [0.4, 0.5) is 0 Å². The van der Waals surface area contributed by atoms with Crippen molar-refractivity contribution in [2.75, 3.05) is 13.2 Å². The molecule has 2 heterocycles. The lowest BCUT2D eigenvalue weighted by molar-refractivity contribution is 0.0442. The van der Waals surface area contributed by atoms with E-state index in [4.69, 9.17) is 14.2 Å². The average Bonchev–Trinajstić information content (AvgIpc) is 2.98. The largest absolute Gasteiger partial charge is 0.489 e. The van der Waals surface area contributed by atoms with Gasteiger partial charge in [-0.2, -0.15) is 0 Å². The number of carbonyl (C=O) groups excluding carboxylic acids is 1. The molecule has 0 amide bonds. The summed E-state index contributed by atoms with van der Waals surface area (Å²) in [7, 11) is 0. The fraction of sp³-hybridized carbons (Fsp3) is 0.273. The Labute approximate surface area is 157 Å². The van der Waals surface area contributed by atoms with Gasteiger partial charge in [-0.15, -0.1) is 0 Å². The number of hydrogen-bond donors (Lipinski definition) is 0. The number of rotatable bonds is 5. The number of ether oxygens (including phenoxy) is 3. The van der Waals surface area contributed by atoms with Crippen LogP contribution in [0.2, 0.25) is 0 Å². The van der Waals surface area contributed by atoms with Crippen molar-refractivity contribution >= 4 is 16.9 Å². The summed E-state index contributed by atoms with van der Waals surface area (Å²) in [5.41, 5.74) is 2.07. The van der Waals surface area contributed by atoms with E-state index in [1.165, 1.54) is 0 Å². The van der Waals surface area contributed by atoms with Gasteiger partial charge in [-0.1, -0.05) is 24.3 Å². The summed E-state index contributed by atoms with van der Waals surface area (Å²) < 4.78 is 17.1. The Kier molecular flexibility index (Phi) is 4.44. The minimum atomic E-state index is -0.396. The van der Waals surface area contributed by atoms with Crippen LogP contribution in [0.25, 0.3) is 10.9 Å². The van der Waals surface area contributed by atoms with Crippen LogP contribution >= 0.6 is 0 Å². The molecule has 1 aromatic heterocycles. The van der Waals surface area contributed by atoms with Crippen molar-refractivity contribution in [3.05, 3.63) is 65.9 Å². The van der Waals surface area contributed by atoms with Gasteiger partial charge in [-0.05, 0) is 43.7 Å². The summed E-state index contributed by atoms with van der Waals surface area (Å²) in [6.07, 6.45) is 2.48. The van der Waals surface area contributed by atoms with Crippen LogP contribution in [0.1, 0.15) is 29.8 Å². The predicted molar refractivity (Wildman–Crippen MR) is 102 cm³/mol. The molecule has 0 saturated heterocycles. The monoisotopic (exact) mass is 363 g/mol. The van der Waals surface area contributed by atoms with Crippen molar-refractivity contribution in [3.63, 3.8) is 0 Å². The fourth-order valence-corrected chi connectivity index (χ4v) is 3.34. The lowest BCUT2D eigenvalue weighted by Gasteiger charge is -2.18. The number of benzene rings is 2. The molecule has 0 atom stereocenters. The summed E-state index contributed by atoms with van der Waals surface area (Å²) in [6, 6.07) is 15.1. The SMILES string of the molecule is CC1(C)Cc2cccc(C(=O)OCCOc3ccnc4ccccc34)c2O1. The number of nitrogens with zero attached hydrogens (tertiary/aromatic N) is 1. The third-order valence-corrected chi connectivity index (χ3v) is 4.49. The maximum atomic E-state index is 12.5. The third kappa shape index (κ3) is 3.58. The first-order chi connectivity index (χ1) is 13.0. The Morgan fingerprint density at radius 2 is 1.96 bits per heavy atom. The minimum Gasteiger partial charge on any atom is -0.489 e. The quantitative estimate of drug-likeness (QED) is 0.503. The second kappa shape index (κ2) is 6.91. The predicted octanol–water partition coefficient (Wildman–Crippen LogP) is 4.18. The van der Waals surface area contributed by atoms with Gasteiger partial charge in [0.05, 0.1) is 5.52 Å². The van der Waals surface area contributed by atoms with E-state index in [9.17, 15) is 4.79 Å². The van der Waals surface area contributed by atoms with E-state index in [0.717, 1.165) is 28.6 Å². The maximum Gasteiger partial charge on any atom is 0.342 e. The highest BCUT2D eigenvalue weighted by atomic mass is 16.6. The van der Waals surface area contributed by atoms with Gasteiger partial charge in [0.1, 0.15) is 35.9 Å². The van der Waals surface area contributed by atoms with E-state index in [1.807, 2.05) is 56.3 Å². The molecule has 1 aliphatic rings. The molecule has 0 fully saturated rings. The number of para-hydroxylation sites is 2. The smallest absolute Gasteiger partial charge is 0.342 e. The van der Waals surface area contributed by atoms with Crippen molar-refractivity contribution in [2.24, 2.45) is 0 Å². The number of pyridine rings is 1. The highest BCUT2D eigenvalue weighted by Gasteiger charge is 2.33. The lowest BCUT2D eigenvalue weighted by atomic mass is 10.0. The number of aromatic nitrogens is 1. The first kappa shape index (κ1) is 17.3. The second-order valence-electron chi connectivity index (χ2n) is 7.14. The Balaban J connectivity index is 1.38. The first-order valence-electron chi connectivity index (χ1n) is 8.98. The molecule has 5 nitrogen and oxygen atoms in total. The number of esters is 1. The van der Waals surface area contributed by atoms with E-state index >= 15 is 0 Å². The van der Waals surface area contributed by atoms with Gasteiger partial charge < -0.3 is 14.2 Å². The average molecular weight is 363 g/mol. The second-order valence-corrected chi connectivity index (χ2v) is 7.14. The fourth-order valence-electron chi connectivity index (χ4n) is 3.34. The van der Waals surface area contributed by atoms with Gasteiger partial charge >= 0.3 is 5.97 Å². The molecule has 0 bridgehead atoms. The molecule has 1 aliphatic heterocycles. The standard InChI is InChI=1S/C22H21NO4/c1-22(2)14-15-6-5-8-17(20(15)27-22)21(24)26-13-12-25-19-10-11-23-18-9-4-3-7-16(18)19/h3-11H,12-14H2,1-2H3. The summed E-state index contributed by atoms with van der Waals surface area (Å²) >= 11 is 0. The first-order valence-corrected chi connectivity index (χ1v) is 8.98. The molecule has 0 spiro atoms. The van der Waals surface area contributed by atoms with Gasteiger partial charge in [0.2, 0.25) is 0 Å². The van der Waals surface area contributed by atoms with Crippen molar-refractivity contribution in [1.29, 1.82) is 0 Å². The van der Waals surface area contributed by atoms with E-state index in [1.54, 1.807) is 12.3 Å². The summed E-state index contributed by atoms with van der Waals surface area (Å²) in [5, 5.41) is 0.933. The summed E-state index contributed by atoms with van der Waals surface area (Å²) in [5.74, 6) is 0.962. The molecule has 27 heavy (non-hydrogen) atoms. The molecular weight excluding hydrogens is 342 g/mol. The summed E-state index contributed by atoms with van der Waals surface area (Å²) in [6.45, 7) is 4.44. The zero-order valence-corrected chi connectivity index (χ0v) is 15.4. The van der Waals surface area contributed by atoms with Crippen molar-refractivity contribution in [3.8, 4) is 11.5 Å². The van der Waals surface area contributed by atoms with Gasteiger partial charge in [-0.25, -0.2) is 4.79 Å². The van der Waals surface area contributed by atoms with E-state index in [-0.39, 0.29) is 18.8 Å². The maximum absolute atomic E-state index is 12.5. The molecule has 0 radical (unpaired) electrons.